The van der Waals surface area contributed by atoms with Crippen molar-refractivity contribution in [2.75, 3.05) is 7.11 Å². The van der Waals surface area contributed by atoms with Gasteiger partial charge in [0.1, 0.15) is 5.75 Å². The lowest BCUT2D eigenvalue weighted by molar-refractivity contribution is -0.127. The molecule has 9 nitrogen and oxygen atoms in total. The highest BCUT2D eigenvalue weighted by molar-refractivity contribution is 7.89. The van der Waals surface area contributed by atoms with Crippen LogP contribution >= 0.6 is 0 Å². The van der Waals surface area contributed by atoms with Gasteiger partial charge in [0.2, 0.25) is 15.9 Å². The summed E-state index contributed by atoms with van der Waals surface area (Å²) in [6.45, 7) is 5.81. The Kier molecular flexibility index (Phi) is 6.64. The lowest BCUT2D eigenvalue weighted by Crippen LogP contribution is -2.48. The molecule has 31 heavy (non-hydrogen) atoms. The molecular weight excluding hydrogens is 444 g/mol. The molecule has 0 heterocycles. The largest absolute Gasteiger partial charge is 0.495 e. The lowest BCUT2D eigenvalue weighted by atomic mass is 10.0. The Morgan fingerprint density at radius 2 is 1.68 bits per heavy atom. The molecule has 0 saturated heterocycles. The van der Waals surface area contributed by atoms with Crippen LogP contribution in [0.15, 0.2) is 46.2 Å². The van der Waals surface area contributed by atoms with Gasteiger partial charge in [0.05, 0.1) is 28.0 Å². The van der Waals surface area contributed by atoms with Gasteiger partial charge in [0.15, 0.2) is 6.29 Å². The molecule has 1 amide bonds. The van der Waals surface area contributed by atoms with E-state index >= 15 is 0 Å². The SMILES string of the molecule is COc1c(C=O)cc(S(=O)(=O)N(C(C)=O)C(C)(C)C)cc1-c1cccc(S(N)(=O)=O)c1. The second-order valence-corrected chi connectivity index (χ2v) is 11.1. The maximum Gasteiger partial charge on any atom is 0.267 e. The summed E-state index contributed by atoms with van der Waals surface area (Å²) in [6, 6.07) is 7.80. The molecule has 0 bridgehead atoms. The number of nitrogens with zero attached hydrogens (tertiary/aromatic N) is 1. The van der Waals surface area contributed by atoms with Crippen LogP contribution in [0.4, 0.5) is 0 Å². The number of aldehydes is 1. The fraction of sp³-hybridized carbons (Fsp3) is 0.300. The highest BCUT2D eigenvalue weighted by atomic mass is 32.2. The fourth-order valence-electron chi connectivity index (χ4n) is 3.25. The molecule has 2 aromatic rings. The zero-order chi connectivity index (χ0) is 23.8. The average molecular weight is 469 g/mol. The van der Waals surface area contributed by atoms with Gasteiger partial charge in [-0.15, -0.1) is 0 Å². The summed E-state index contributed by atoms with van der Waals surface area (Å²) in [4.78, 5) is 23.4. The van der Waals surface area contributed by atoms with E-state index in [1.807, 2.05) is 0 Å². The molecule has 0 aromatic heterocycles. The molecule has 11 heteroatoms. The van der Waals surface area contributed by atoms with Crippen LogP contribution in [-0.2, 0) is 24.8 Å². The number of nitrogens with two attached hydrogens (primary N) is 1. The van der Waals surface area contributed by atoms with Crippen molar-refractivity contribution in [1.29, 1.82) is 0 Å². The van der Waals surface area contributed by atoms with Gasteiger partial charge in [-0.2, -0.15) is 0 Å². The fourth-order valence-corrected chi connectivity index (χ4v) is 5.62. The van der Waals surface area contributed by atoms with Crippen LogP contribution in [0.2, 0.25) is 0 Å². The Morgan fingerprint density at radius 1 is 1.06 bits per heavy atom. The van der Waals surface area contributed by atoms with E-state index in [2.05, 4.69) is 0 Å². The summed E-state index contributed by atoms with van der Waals surface area (Å²) in [5, 5.41) is 5.20. The Hall–Kier alpha value is -2.76. The molecule has 0 aliphatic heterocycles. The van der Waals surface area contributed by atoms with Gasteiger partial charge in [0.25, 0.3) is 10.0 Å². The third-order valence-corrected chi connectivity index (χ3v) is 7.36. The minimum Gasteiger partial charge on any atom is -0.495 e. The van der Waals surface area contributed by atoms with E-state index in [9.17, 15) is 26.4 Å². The van der Waals surface area contributed by atoms with Crippen LogP contribution in [0.5, 0.6) is 5.75 Å². The number of carbonyl (C=O) groups is 2. The first-order valence-electron chi connectivity index (χ1n) is 9.01. The molecule has 2 rings (SSSR count). The van der Waals surface area contributed by atoms with E-state index in [-0.39, 0.29) is 32.2 Å². The highest BCUT2D eigenvalue weighted by Gasteiger charge is 2.37. The first-order chi connectivity index (χ1) is 14.1. The van der Waals surface area contributed by atoms with Gasteiger partial charge in [-0.05, 0) is 50.6 Å². The maximum absolute atomic E-state index is 13.3. The molecule has 0 aliphatic rings. The predicted molar refractivity (Wildman–Crippen MR) is 115 cm³/mol. The smallest absolute Gasteiger partial charge is 0.267 e. The number of carbonyl (C=O) groups excluding carboxylic acids is 2. The molecule has 0 aliphatic carbocycles. The summed E-state index contributed by atoms with van der Waals surface area (Å²) in [5.41, 5.74) is -0.751. The Morgan fingerprint density at radius 3 is 2.13 bits per heavy atom. The van der Waals surface area contributed by atoms with Crippen molar-refractivity contribution in [3.8, 4) is 16.9 Å². The minimum atomic E-state index is -4.36. The monoisotopic (exact) mass is 468 g/mol. The Balaban J connectivity index is 2.89. The van der Waals surface area contributed by atoms with E-state index in [0.29, 0.717) is 6.29 Å². The predicted octanol–water partition coefficient (Wildman–Crippen LogP) is 2.16. The number of amides is 1. The molecule has 0 unspecified atom stereocenters. The van der Waals surface area contributed by atoms with Crippen LogP contribution in [-0.4, -0.2) is 46.0 Å². The number of primary sulfonamides is 1. The molecule has 168 valence electrons. The van der Waals surface area contributed by atoms with Crippen LogP contribution < -0.4 is 9.88 Å². The second-order valence-electron chi connectivity index (χ2n) is 7.74. The van der Waals surface area contributed by atoms with Crippen LogP contribution in [0.25, 0.3) is 11.1 Å². The summed E-state index contributed by atoms with van der Waals surface area (Å²) in [7, 11) is -7.10. The summed E-state index contributed by atoms with van der Waals surface area (Å²) >= 11 is 0. The molecule has 2 N–H and O–H groups in total. The summed E-state index contributed by atoms with van der Waals surface area (Å²) in [5.74, 6) is -0.653. The Labute approximate surface area is 181 Å². The number of ether oxygens (including phenoxy) is 1. The molecule has 0 saturated carbocycles. The molecule has 0 radical (unpaired) electrons. The van der Waals surface area contributed by atoms with E-state index < -0.39 is 31.5 Å². The third-order valence-electron chi connectivity index (χ3n) is 4.33. The number of hydrogen-bond donors (Lipinski definition) is 1. The Bertz CT molecular complexity index is 1240. The van der Waals surface area contributed by atoms with Crippen molar-refractivity contribution >= 4 is 32.2 Å². The van der Waals surface area contributed by atoms with Crippen molar-refractivity contribution in [2.24, 2.45) is 5.14 Å². The number of hydrogen-bond acceptors (Lipinski definition) is 7. The molecule has 0 fully saturated rings. The number of sulfonamides is 2. The van der Waals surface area contributed by atoms with Crippen LogP contribution in [0.3, 0.4) is 0 Å². The zero-order valence-corrected chi connectivity index (χ0v) is 19.4. The van der Waals surface area contributed by atoms with E-state index in [1.54, 1.807) is 20.8 Å². The van der Waals surface area contributed by atoms with Crippen molar-refractivity contribution in [1.82, 2.24) is 4.31 Å². The van der Waals surface area contributed by atoms with Gasteiger partial charge in [-0.1, -0.05) is 12.1 Å². The van der Waals surface area contributed by atoms with Crippen LogP contribution in [0.1, 0.15) is 38.1 Å². The summed E-state index contributed by atoms with van der Waals surface area (Å²) < 4.78 is 56.2. The van der Waals surface area contributed by atoms with Gasteiger partial charge in [-0.25, -0.2) is 26.3 Å². The quantitative estimate of drug-likeness (QED) is 0.640. The molecule has 0 spiro atoms. The van der Waals surface area contributed by atoms with Gasteiger partial charge < -0.3 is 4.74 Å². The third kappa shape index (κ3) is 4.94. The zero-order valence-electron chi connectivity index (χ0n) is 17.7. The molecular formula is C20H24N2O7S2. The maximum atomic E-state index is 13.3. The highest BCUT2D eigenvalue weighted by Crippen LogP contribution is 2.37. The minimum absolute atomic E-state index is 0.0469. The van der Waals surface area contributed by atoms with Crippen molar-refractivity contribution in [2.45, 2.75) is 43.0 Å². The molecule has 2 aromatic carbocycles. The van der Waals surface area contributed by atoms with Crippen molar-refractivity contribution in [3.63, 3.8) is 0 Å². The molecule has 0 atom stereocenters. The standard InChI is InChI=1S/C20H24N2O7S2/c1-13(24)22(20(2,3)4)31(27,28)17-10-15(12-23)19(29-5)18(11-17)14-7-6-8-16(9-14)30(21,25)26/h6-12H,1-5H3,(H2,21,25,26). The topological polar surface area (TPSA) is 141 Å². The van der Waals surface area contributed by atoms with Crippen molar-refractivity contribution in [3.05, 3.63) is 42.0 Å². The van der Waals surface area contributed by atoms with Gasteiger partial charge >= 0.3 is 0 Å². The van der Waals surface area contributed by atoms with Gasteiger partial charge in [-0.3, -0.25) is 9.59 Å². The van der Waals surface area contributed by atoms with E-state index in [4.69, 9.17) is 9.88 Å². The number of methoxy groups -OCH3 is 1. The van der Waals surface area contributed by atoms with Crippen molar-refractivity contribution < 1.29 is 31.2 Å². The first-order valence-corrected chi connectivity index (χ1v) is 12.0. The average Bonchev–Trinajstić information content (AvgIpc) is 2.64. The number of benzene rings is 2. The number of rotatable bonds is 6. The van der Waals surface area contributed by atoms with E-state index in [0.717, 1.165) is 17.3 Å². The van der Waals surface area contributed by atoms with Crippen LogP contribution in [0, 0.1) is 0 Å². The normalized spacial score (nSPS) is 12.3. The lowest BCUT2D eigenvalue weighted by Gasteiger charge is -2.34. The summed E-state index contributed by atoms with van der Waals surface area (Å²) in [6.07, 6.45) is 0.417. The second kappa shape index (κ2) is 8.40. The van der Waals surface area contributed by atoms with E-state index in [1.165, 1.54) is 37.4 Å². The first kappa shape index (κ1) is 24.5. The van der Waals surface area contributed by atoms with Gasteiger partial charge in [0, 0.05) is 12.5 Å².